The molecule has 0 radical (unpaired) electrons. The van der Waals surface area contributed by atoms with Crippen LogP contribution < -0.4 is 10.6 Å². The van der Waals surface area contributed by atoms with Crippen LogP contribution in [-0.4, -0.2) is 38.3 Å². The Morgan fingerprint density at radius 2 is 2.00 bits per heavy atom. The van der Waals surface area contributed by atoms with Gasteiger partial charge in [-0.15, -0.1) is 0 Å². The van der Waals surface area contributed by atoms with Crippen LogP contribution in [0.15, 0.2) is 11.1 Å². The molecule has 0 aromatic carbocycles. The number of rotatable bonds is 6. The number of hydrogen-bond donors (Lipinski definition) is 2. The second kappa shape index (κ2) is 8.94. The van der Waals surface area contributed by atoms with Gasteiger partial charge >= 0.3 is 0 Å². The van der Waals surface area contributed by atoms with Gasteiger partial charge in [0.1, 0.15) is 5.15 Å². The van der Waals surface area contributed by atoms with Crippen LogP contribution in [0.2, 0.25) is 10.2 Å². The number of aromatic nitrogens is 1. The van der Waals surface area contributed by atoms with Crippen molar-refractivity contribution in [2.24, 2.45) is 12.0 Å². The first kappa shape index (κ1) is 20.3. The molecule has 1 heterocycles. The van der Waals surface area contributed by atoms with E-state index in [9.17, 15) is 4.21 Å². The smallest absolute Gasteiger partial charge is 0.191 e. The zero-order valence-corrected chi connectivity index (χ0v) is 16.7. The molecule has 1 atom stereocenters. The van der Waals surface area contributed by atoms with Gasteiger partial charge in [0.15, 0.2) is 5.96 Å². The summed E-state index contributed by atoms with van der Waals surface area (Å²) in [5.41, 5.74) is 0.926. The van der Waals surface area contributed by atoms with Gasteiger partial charge in [-0.1, -0.05) is 23.2 Å². The summed E-state index contributed by atoms with van der Waals surface area (Å²) in [6, 6.07) is 1.81. The van der Waals surface area contributed by atoms with Gasteiger partial charge in [0.25, 0.3) is 0 Å². The number of hydrogen-bond acceptors (Lipinski definition) is 2. The van der Waals surface area contributed by atoms with E-state index >= 15 is 0 Å². The predicted octanol–water partition coefficient (Wildman–Crippen LogP) is 2.93. The number of nitrogens with zero attached hydrogens (tertiary/aromatic N) is 2. The maximum atomic E-state index is 12.0. The Labute approximate surface area is 151 Å². The fourth-order valence-corrected chi connectivity index (χ4v) is 3.13. The molecule has 0 saturated carbocycles. The maximum absolute atomic E-state index is 12.0. The van der Waals surface area contributed by atoms with Gasteiger partial charge in [-0.2, -0.15) is 0 Å². The Hall–Kier alpha value is -0.720. The summed E-state index contributed by atoms with van der Waals surface area (Å²) in [4.78, 5) is 4.52. The lowest BCUT2D eigenvalue weighted by atomic mass is 10.3. The standard InChI is InChI=1S/C15H26Cl2N4OS/c1-6-18-14(19-7-8-23(22)15(2,3)4)20-10-11-9-12(16)13(17)21(11)5/h9H,6-8,10H2,1-5H3,(H2,18,19,20). The van der Waals surface area contributed by atoms with E-state index < -0.39 is 10.8 Å². The van der Waals surface area contributed by atoms with Gasteiger partial charge in [0, 0.05) is 47.1 Å². The summed E-state index contributed by atoms with van der Waals surface area (Å²) >= 11 is 12.1. The molecular formula is C15H26Cl2N4OS. The first-order valence-corrected chi connectivity index (χ1v) is 9.64. The molecule has 1 aromatic heterocycles. The quantitative estimate of drug-likeness (QED) is 0.589. The van der Waals surface area contributed by atoms with E-state index in [1.807, 2.05) is 45.4 Å². The van der Waals surface area contributed by atoms with Gasteiger partial charge < -0.3 is 15.2 Å². The molecule has 0 aliphatic heterocycles. The minimum atomic E-state index is -0.885. The molecule has 23 heavy (non-hydrogen) atoms. The minimum Gasteiger partial charge on any atom is -0.357 e. The minimum absolute atomic E-state index is 0.201. The summed E-state index contributed by atoms with van der Waals surface area (Å²) in [5.74, 6) is 1.27. The van der Waals surface area contributed by atoms with Crippen LogP contribution in [-0.2, 0) is 24.4 Å². The molecule has 1 aromatic rings. The van der Waals surface area contributed by atoms with Crippen molar-refractivity contribution in [3.8, 4) is 0 Å². The predicted molar refractivity (Wildman–Crippen MR) is 101 cm³/mol. The zero-order chi connectivity index (χ0) is 17.6. The third-order valence-corrected chi connectivity index (χ3v) is 6.00. The Balaban J connectivity index is 2.63. The molecule has 5 nitrogen and oxygen atoms in total. The van der Waals surface area contributed by atoms with E-state index in [2.05, 4.69) is 15.6 Å². The van der Waals surface area contributed by atoms with Crippen molar-refractivity contribution in [3.63, 3.8) is 0 Å². The summed E-state index contributed by atoms with van der Waals surface area (Å²) in [7, 11) is 0.968. The van der Waals surface area contributed by atoms with Gasteiger partial charge in [0.05, 0.1) is 11.6 Å². The van der Waals surface area contributed by atoms with Crippen molar-refractivity contribution in [2.45, 2.75) is 39.0 Å². The van der Waals surface area contributed by atoms with E-state index in [4.69, 9.17) is 23.2 Å². The molecular weight excluding hydrogens is 355 g/mol. The highest BCUT2D eigenvalue weighted by atomic mass is 35.5. The normalized spacial score (nSPS) is 14.0. The third kappa shape index (κ3) is 6.36. The lowest BCUT2D eigenvalue weighted by molar-refractivity contribution is 0.647. The molecule has 0 aliphatic rings. The molecule has 1 rings (SSSR count). The van der Waals surface area contributed by atoms with Gasteiger partial charge in [-0.05, 0) is 33.8 Å². The molecule has 0 amide bonds. The zero-order valence-electron chi connectivity index (χ0n) is 14.4. The van der Waals surface area contributed by atoms with E-state index in [0.717, 1.165) is 12.2 Å². The SMILES string of the molecule is CCNC(=NCc1cc(Cl)c(Cl)n1C)NCCS(=O)C(C)(C)C. The summed E-state index contributed by atoms with van der Waals surface area (Å²) in [6.07, 6.45) is 0. The van der Waals surface area contributed by atoms with E-state index in [1.165, 1.54) is 0 Å². The Kier molecular flexibility index (Phi) is 7.90. The summed E-state index contributed by atoms with van der Waals surface area (Å²) in [6.45, 7) is 9.75. The van der Waals surface area contributed by atoms with Crippen LogP contribution >= 0.6 is 23.2 Å². The van der Waals surface area contributed by atoms with Crippen LogP contribution in [0.3, 0.4) is 0 Å². The number of guanidine groups is 1. The van der Waals surface area contributed by atoms with Gasteiger partial charge in [0.2, 0.25) is 0 Å². The molecule has 0 bridgehead atoms. The average molecular weight is 381 g/mol. The van der Waals surface area contributed by atoms with Crippen molar-refractivity contribution < 1.29 is 4.21 Å². The average Bonchev–Trinajstić information content (AvgIpc) is 2.71. The highest BCUT2D eigenvalue weighted by molar-refractivity contribution is 7.86. The van der Waals surface area contributed by atoms with Crippen molar-refractivity contribution in [3.05, 3.63) is 21.9 Å². The van der Waals surface area contributed by atoms with Crippen molar-refractivity contribution in [2.75, 3.05) is 18.8 Å². The highest BCUT2D eigenvalue weighted by Crippen LogP contribution is 2.25. The topological polar surface area (TPSA) is 58.4 Å². The second-order valence-electron chi connectivity index (χ2n) is 6.12. The van der Waals surface area contributed by atoms with Crippen LogP contribution in [0.1, 0.15) is 33.4 Å². The van der Waals surface area contributed by atoms with Gasteiger partial charge in [-0.3, -0.25) is 4.21 Å². The van der Waals surface area contributed by atoms with Crippen molar-refractivity contribution in [1.82, 2.24) is 15.2 Å². The number of nitrogens with one attached hydrogen (secondary N) is 2. The molecule has 0 aliphatic carbocycles. The highest BCUT2D eigenvalue weighted by Gasteiger charge is 2.18. The molecule has 2 N–H and O–H groups in total. The molecule has 1 unspecified atom stereocenters. The Bertz CT molecular complexity index is 579. The fourth-order valence-electron chi connectivity index (χ4n) is 1.81. The molecule has 0 saturated heterocycles. The lowest BCUT2D eigenvalue weighted by Crippen LogP contribution is -2.40. The van der Waals surface area contributed by atoms with Gasteiger partial charge in [-0.25, -0.2) is 4.99 Å². The summed E-state index contributed by atoms with van der Waals surface area (Å²) in [5, 5.41) is 7.41. The summed E-state index contributed by atoms with van der Waals surface area (Å²) < 4.78 is 13.7. The Morgan fingerprint density at radius 1 is 1.35 bits per heavy atom. The first-order chi connectivity index (χ1) is 10.7. The molecule has 0 spiro atoms. The van der Waals surface area contributed by atoms with Crippen LogP contribution in [0.5, 0.6) is 0 Å². The monoisotopic (exact) mass is 380 g/mol. The van der Waals surface area contributed by atoms with E-state index in [1.54, 1.807) is 0 Å². The van der Waals surface area contributed by atoms with Crippen LogP contribution in [0.25, 0.3) is 0 Å². The first-order valence-electron chi connectivity index (χ1n) is 7.57. The van der Waals surface area contributed by atoms with Crippen LogP contribution in [0, 0.1) is 0 Å². The lowest BCUT2D eigenvalue weighted by Gasteiger charge is -2.18. The fraction of sp³-hybridized carbons (Fsp3) is 0.667. The van der Waals surface area contributed by atoms with E-state index in [0.29, 0.717) is 35.0 Å². The van der Waals surface area contributed by atoms with E-state index in [-0.39, 0.29) is 4.75 Å². The number of halogens is 2. The largest absolute Gasteiger partial charge is 0.357 e. The molecule has 0 fully saturated rings. The second-order valence-corrected chi connectivity index (χ2v) is 9.21. The van der Waals surface area contributed by atoms with Crippen molar-refractivity contribution >= 4 is 40.0 Å². The third-order valence-electron chi connectivity index (χ3n) is 3.22. The molecule has 132 valence electrons. The Morgan fingerprint density at radius 3 is 2.48 bits per heavy atom. The number of aliphatic imine (C=N–C) groups is 1. The molecule has 8 heteroatoms. The van der Waals surface area contributed by atoms with Crippen molar-refractivity contribution in [1.29, 1.82) is 0 Å². The maximum Gasteiger partial charge on any atom is 0.191 e. The van der Waals surface area contributed by atoms with Crippen LogP contribution in [0.4, 0.5) is 0 Å².